The van der Waals surface area contributed by atoms with Gasteiger partial charge in [0.05, 0.1) is 24.8 Å². The molecule has 2 aromatic heterocycles. The van der Waals surface area contributed by atoms with Crippen LogP contribution >= 0.6 is 11.6 Å². The van der Waals surface area contributed by atoms with Crippen molar-refractivity contribution in [3.05, 3.63) is 58.7 Å². The molecule has 9 heteroatoms. The highest BCUT2D eigenvalue weighted by molar-refractivity contribution is 6.33. The fourth-order valence-electron chi connectivity index (χ4n) is 3.17. The molecule has 0 aliphatic carbocycles. The lowest BCUT2D eigenvalue weighted by molar-refractivity contribution is 0.0949. The largest absolute Gasteiger partial charge is 0.378 e. The number of hydrogen-bond donors (Lipinski definition) is 1. The molecule has 1 aromatic carbocycles. The molecule has 0 bridgehead atoms. The third-order valence-electron chi connectivity index (χ3n) is 4.65. The summed E-state index contributed by atoms with van der Waals surface area (Å²) in [4.78, 5) is 23.8. The monoisotopic (exact) mass is 413 g/mol. The summed E-state index contributed by atoms with van der Waals surface area (Å²) in [7, 11) is 0. The summed E-state index contributed by atoms with van der Waals surface area (Å²) < 4.78 is 10.6. The van der Waals surface area contributed by atoms with Crippen LogP contribution in [0, 0.1) is 6.92 Å². The number of benzene rings is 1. The van der Waals surface area contributed by atoms with Gasteiger partial charge in [-0.15, -0.1) is 0 Å². The van der Waals surface area contributed by atoms with Gasteiger partial charge in [-0.3, -0.25) is 4.79 Å². The minimum atomic E-state index is -0.320. The molecule has 0 saturated carbocycles. The fraction of sp³-hybridized carbons (Fsp3) is 0.300. The summed E-state index contributed by atoms with van der Waals surface area (Å²) in [5.41, 5.74) is 1.40. The second-order valence-electron chi connectivity index (χ2n) is 6.56. The van der Waals surface area contributed by atoms with E-state index >= 15 is 0 Å². The van der Waals surface area contributed by atoms with E-state index in [1.807, 2.05) is 18.2 Å². The number of rotatable bonds is 5. The van der Waals surface area contributed by atoms with Crippen molar-refractivity contribution in [3.8, 4) is 11.3 Å². The molecule has 1 N–H and O–H groups in total. The molecule has 8 nitrogen and oxygen atoms in total. The van der Waals surface area contributed by atoms with Crippen molar-refractivity contribution < 1.29 is 14.1 Å². The van der Waals surface area contributed by atoms with Gasteiger partial charge in [-0.05, 0) is 19.1 Å². The van der Waals surface area contributed by atoms with Crippen molar-refractivity contribution in [3.63, 3.8) is 0 Å². The van der Waals surface area contributed by atoms with E-state index in [9.17, 15) is 4.79 Å². The maximum absolute atomic E-state index is 12.9. The van der Waals surface area contributed by atoms with E-state index in [4.69, 9.17) is 20.9 Å². The number of aryl methyl sites for hydroxylation is 1. The Kier molecular flexibility index (Phi) is 5.73. The van der Waals surface area contributed by atoms with Crippen LogP contribution in [0.2, 0.25) is 5.02 Å². The standard InChI is InChI=1S/C20H20ClN5O3/c1-13-18(19(25-29-13)14-4-2-3-5-15(14)21)20(27)23-12-16-22-7-6-17(24-16)26-8-10-28-11-9-26/h2-7H,8-12H2,1H3,(H,23,27). The van der Waals surface area contributed by atoms with E-state index < -0.39 is 0 Å². The van der Waals surface area contributed by atoms with Crippen molar-refractivity contribution in [2.24, 2.45) is 0 Å². The summed E-state index contributed by atoms with van der Waals surface area (Å²) in [5, 5.41) is 7.38. The van der Waals surface area contributed by atoms with Gasteiger partial charge in [0.25, 0.3) is 5.91 Å². The Morgan fingerprint density at radius 3 is 2.83 bits per heavy atom. The summed E-state index contributed by atoms with van der Waals surface area (Å²) in [6.45, 7) is 4.79. The molecule has 0 unspecified atom stereocenters. The van der Waals surface area contributed by atoms with E-state index in [2.05, 4.69) is 25.3 Å². The van der Waals surface area contributed by atoms with Crippen LogP contribution in [0.1, 0.15) is 21.9 Å². The summed E-state index contributed by atoms with van der Waals surface area (Å²) in [5.74, 6) is 1.45. The van der Waals surface area contributed by atoms with Crippen LogP contribution in [0.4, 0.5) is 5.82 Å². The van der Waals surface area contributed by atoms with E-state index in [1.165, 1.54) is 0 Å². The zero-order valence-electron chi connectivity index (χ0n) is 15.9. The number of aromatic nitrogens is 3. The quantitative estimate of drug-likeness (QED) is 0.687. The smallest absolute Gasteiger partial charge is 0.257 e. The number of amides is 1. The molecule has 1 fully saturated rings. The maximum atomic E-state index is 12.9. The number of morpholine rings is 1. The topological polar surface area (TPSA) is 93.4 Å². The lowest BCUT2D eigenvalue weighted by atomic mass is 10.1. The van der Waals surface area contributed by atoms with Crippen molar-refractivity contribution in [2.45, 2.75) is 13.5 Å². The normalized spacial score (nSPS) is 14.1. The van der Waals surface area contributed by atoms with Crippen LogP contribution in [0.3, 0.4) is 0 Å². The van der Waals surface area contributed by atoms with Gasteiger partial charge in [-0.25, -0.2) is 9.97 Å². The maximum Gasteiger partial charge on any atom is 0.257 e. The zero-order valence-corrected chi connectivity index (χ0v) is 16.6. The lowest BCUT2D eigenvalue weighted by Gasteiger charge is -2.27. The predicted molar refractivity (Wildman–Crippen MR) is 108 cm³/mol. The van der Waals surface area contributed by atoms with Crippen molar-refractivity contribution >= 4 is 23.3 Å². The first kappa shape index (κ1) is 19.4. The van der Waals surface area contributed by atoms with E-state index in [0.29, 0.717) is 46.6 Å². The molecule has 29 heavy (non-hydrogen) atoms. The predicted octanol–water partition coefficient (Wildman–Crippen LogP) is 2.86. The first-order valence-corrected chi connectivity index (χ1v) is 9.65. The molecule has 1 saturated heterocycles. The van der Waals surface area contributed by atoms with E-state index in [0.717, 1.165) is 18.9 Å². The lowest BCUT2D eigenvalue weighted by Crippen LogP contribution is -2.37. The summed E-state index contributed by atoms with van der Waals surface area (Å²) >= 11 is 6.26. The number of hydrogen-bond acceptors (Lipinski definition) is 7. The molecule has 0 spiro atoms. The van der Waals surface area contributed by atoms with Gasteiger partial charge in [-0.1, -0.05) is 35.0 Å². The highest BCUT2D eigenvalue weighted by Crippen LogP contribution is 2.30. The minimum Gasteiger partial charge on any atom is -0.378 e. The van der Waals surface area contributed by atoms with Gasteiger partial charge in [-0.2, -0.15) is 0 Å². The van der Waals surface area contributed by atoms with Crippen LogP contribution in [0.15, 0.2) is 41.1 Å². The number of anilines is 1. The third kappa shape index (κ3) is 4.23. The number of carbonyl (C=O) groups excluding carboxylic acids is 1. The van der Waals surface area contributed by atoms with Gasteiger partial charge < -0.3 is 19.5 Å². The Labute approximate surface area is 172 Å². The first-order valence-electron chi connectivity index (χ1n) is 9.27. The summed E-state index contributed by atoms with van der Waals surface area (Å²) in [6.07, 6.45) is 1.69. The number of halogens is 1. The van der Waals surface area contributed by atoms with Gasteiger partial charge in [0.15, 0.2) is 0 Å². The van der Waals surface area contributed by atoms with Gasteiger partial charge in [0.2, 0.25) is 0 Å². The molecule has 1 aliphatic rings. The molecule has 1 aliphatic heterocycles. The number of nitrogens with one attached hydrogen (secondary N) is 1. The van der Waals surface area contributed by atoms with Crippen LogP contribution in [-0.4, -0.2) is 47.3 Å². The highest BCUT2D eigenvalue weighted by atomic mass is 35.5. The van der Waals surface area contributed by atoms with Gasteiger partial charge in [0.1, 0.15) is 28.7 Å². The van der Waals surface area contributed by atoms with Crippen LogP contribution < -0.4 is 10.2 Å². The van der Waals surface area contributed by atoms with Crippen molar-refractivity contribution in [1.29, 1.82) is 0 Å². The zero-order chi connectivity index (χ0) is 20.2. The summed E-state index contributed by atoms with van der Waals surface area (Å²) in [6, 6.07) is 9.05. The Morgan fingerprint density at radius 1 is 1.24 bits per heavy atom. The van der Waals surface area contributed by atoms with Crippen molar-refractivity contribution in [2.75, 3.05) is 31.2 Å². The number of nitrogens with zero attached hydrogens (tertiary/aromatic N) is 4. The second-order valence-corrected chi connectivity index (χ2v) is 6.96. The van der Waals surface area contributed by atoms with Crippen LogP contribution in [-0.2, 0) is 11.3 Å². The number of ether oxygens (including phenoxy) is 1. The Morgan fingerprint density at radius 2 is 2.03 bits per heavy atom. The van der Waals surface area contributed by atoms with Gasteiger partial charge in [0, 0.05) is 24.8 Å². The molecular formula is C20H20ClN5O3. The van der Waals surface area contributed by atoms with Crippen LogP contribution in [0.5, 0.6) is 0 Å². The van der Waals surface area contributed by atoms with E-state index in [-0.39, 0.29) is 12.5 Å². The van der Waals surface area contributed by atoms with Crippen LogP contribution in [0.25, 0.3) is 11.3 Å². The molecule has 150 valence electrons. The SMILES string of the molecule is Cc1onc(-c2ccccc2Cl)c1C(=O)NCc1nccc(N2CCOCC2)n1. The van der Waals surface area contributed by atoms with Gasteiger partial charge >= 0.3 is 0 Å². The van der Waals surface area contributed by atoms with E-state index in [1.54, 1.807) is 25.3 Å². The molecule has 1 amide bonds. The average molecular weight is 414 g/mol. The molecule has 3 aromatic rings. The highest BCUT2D eigenvalue weighted by Gasteiger charge is 2.23. The minimum absolute atomic E-state index is 0.184. The number of carbonyl (C=O) groups is 1. The second kappa shape index (κ2) is 8.59. The molecule has 0 atom stereocenters. The third-order valence-corrected chi connectivity index (χ3v) is 4.98. The first-order chi connectivity index (χ1) is 14.1. The molecule has 4 rings (SSSR count). The van der Waals surface area contributed by atoms with Crippen molar-refractivity contribution in [1.82, 2.24) is 20.4 Å². The Bertz CT molecular complexity index is 1020. The molecular weight excluding hydrogens is 394 g/mol. The Hall–Kier alpha value is -2.97. The average Bonchev–Trinajstić information content (AvgIpc) is 3.14. The molecule has 3 heterocycles. The molecule has 0 radical (unpaired) electrons. The fourth-order valence-corrected chi connectivity index (χ4v) is 3.39. The Balaban J connectivity index is 1.50.